The molecule has 3 aromatic heterocycles. The molecule has 4 heterocycles. The van der Waals surface area contributed by atoms with E-state index in [9.17, 15) is 4.79 Å². The zero-order valence-corrected chi connectivity index (χ0v) is 20.2. The zero-order valence-electron chi connectivity index (χ0n) is 19.4. The number of carbonyl (C=O) groups excluding carboxylic acids is 1. The summed E-state index contributed by atoms with van der Waals surface area (Å²) in [4.78, 5) is 13.2. The molecule has 9 nitrogen and oxygen atoms in total. The lowest BCUT2D eigenvalue weighted by molar-refractivity contribution is 0.0305. The highest BCUT2D eigenvalue weighted by Crippen LogP contribution is 2.46. The fourth-order valence-electron chi connectivity index (χ4n) is 4.82. The predicted molar refractivity (Wildman–Crippen MR) is 131 cm³/mol. The Hall–Kier alpha value is -3.63. The number of ether oxygens (including phenoxy) is 3. The van der Waals surface area contributed by atoms with Crippen LogP contribution in [0.4, 0.5) is 0 Å². The van der Waals surface area contributed by atoms with E-state index in [0.29, 0.717) is 23.5 Å². The highest BCUT2D eigenvalue weighted by molar-refractivity contribution is 7.08. The Kier molecular flexibility index (Phi) is 5.34. The van der Waals surface area contributed by atoms with Gasteiger partial charge in [-0.25, -0.2) is 9.48 Å². The molecule has 180 valence electrons. The van der Waals surface area contributed by atoms with Gasteiger partial charge in [0.25, 0.3) is 0 Å². The zero-order chi connectivity index (χ0) is 24.1. The van der Waals surface area contributed by atoms with E-state index in [4.69, 9.17) is 25.0 Å². The summed E-state index contributed by atoms with van der Waals surface area (Å²) in [6.07, 6.45) is 4.00. The highest BCUT2D eigenvalue weighted by Gasteiger charge is 2.34. The largest absolute Gasteiger partial charge is 0.496 e. The standard InChI is InChI=1S/C25H25N5O4S/c1-29-7-5-20(27-29)17-10-18-22(11-21(17)32-2)33-12-19-23(25(31)34-16-4-3-14(26)9-16)28-30(24(18)19)15-6-8-35-13-15/h5-8,10-11,13-14,16H,3-4,9,12,26H2,1-2H3. The Morgan fingerprint density at radius 2 is 2.11 bits per heavy atom. The fourth-order valence-corrected chi connectivity index (χ4v) is 5.44. The average molecular weight is 492 g/mol. The predicted octanol–water partition coefficient (Wildman–Crippen LogP) is 3.94. The first-order chi connectivity index (χ1) is 17.0. The number of nitrogens with two attached hydrogens (primary N) is 1. The summed E-state index contributed by atoms with van der Waals surface area (Å²) in [6.45, 7) is 0.202. The molecule has 6 rings (SSSR count). The number of rotatable bonds is 5. The molecule has 0 spiro atoms. The number of carbonyl (C=O) groups is 1. The van der Waals surface area contributed by atoms with Gasteiger partial charge in [0.05, 0.1) is 29.7 Å². The van der Waals surface area contributed by atoms with Gasteiger partial charge in [-0.3, -0.25) is 4.68 Å². The molecule has 1 aliphatic heterocycles. The van der Waals surface area contributed by atoms with Crippen molar-refractivity contribution in [3.63, 3.8) is 0 Å². The fraction of sp³-hybridized carbons (Fsp3) is 0.320. The van der Waals surface area contributed by atoms with Crippen LogP contribution in [0.25, 0.3) is 28.2 Å². The van der Waals surface area contributed by atoms with Crippen molar-refractivity contribution in [3.05, 3.63) is 52.5 Å². The summed E-state index contributed by atoms with van der Waals surface area (Å²) in [5, 5.41) is 13.3. The number of aromatic nitrogens is 4. The van der Waals surface area contributed by atoms with Crippen molar-refractivity contribution in [2.24, 2.45) is 12.8 Å². The number of fused-ring (bicyclic) bond motifs is 3. The van der Waals surface area contributed by atoms with Crippen molar-refractivity contribution in [3.8, 4) is 39.7 Å². The maximum atomic E-state index is 13.2. The van der Waals surface area contributed by atoms with Gasteiger partial charge in [0.2, 0.25) is 0 Å². The van der Waals surface area contributed by atoms with Crippen LogP contribution in [0.2, 0.25) is 0 Å². The Morgan fingerprint density at radius 1 is 1.23 bits per heavy atom. The van der Waals surface area contributed by atoms with Crippen molar-refractivity contribution in [2.75, 3.05) is 7.11 Å². The molecule has 0 saturated heterocycles. The van der Waals surface area contributed by atoms with Crippen LogP contribution in [0.5, 0.6) is 11.5 Å². The number of thiophene rings is 1. The monoisotopic (exact) mass is 491 g/mol. The van der Waals surface area contributed by atoms with E-state index in [2.05, 4.69) is 5.10 Å². The minimum Gasteiger partial charge on any atom is -0.496 e. The summed E-state index contributed by atoms with van der Waals surface area (Å²) < 4.78 is 21.1. The topological polar surface area (TPSA) is 106 Å². The second-order valence-electron chi connectivity index (χ2n) is 8.88. The van der Waals surface area contributed by atoms with Crippen molar-refractivity contribution < 1.29 is 19.0 Å². The van der Waals surface area contributed by atoms with Crippen LogP contribution in [0.3, 0.4) is 0 Å². The van der Waals surface area contributed by atoms with E-state index in [1.165, 1.54) is 0 Å². The number of nitrogens with zero attached hydrogens (tertiary/aromatic N) is 4. The van der Waals surface area contributed by atoms with Gasteiger partial charge in [-0.2, -0.15) is 21.5 Å². The van der Waals surface area contributed by atoms with Gasteiger partial charge < -0.3 is 19.9 Å². The molecule has 2 unspecified atom stereocenters. The van der Waals surface area contributed by atoms with Gasteiger partial charge in [-0.15, -0.1) is 0 Å². The van der Waals surface area contributed by atoms with Crippen LogP contribution < -0.4 is 15.2 Å². The van der Waals surface area contributed by atoms with Crippen LogP contribution in [0, 0.1) is 0 Å². The number of hydrogen-bond donors (Lipinski definition) is 1. The molecule has 1 fully saturated rings. The van der Waals surface area contributed by atoms with E-state index in [1.54, 1.807) is 27.8 Å². The van der Waals surface area contributed by atoms with Gasteiger partial charge in [-0.05, 0) is 42.8 Å². The Morgan fingerprint density at radius 3 is 2.80 bits per heavy atom. The first-order valence-electron chi connectivity index (χ1n) is 11.5. The van der Waals surface area contributed by atoms with Crippen LogP contribution in [0.1, 0.15) is 35.3 Å². The Balaban J connectivity index is 1.49. The van der Waals surface area contributed by atoms with Crippen LogP contribution in [-0.2, 0) is 18.4 Å². The molecule has 2 N–H and O–H groups in total. The number of aryl methyl sites for hydroxylation is 1. The van der Waals surface area contributed by atoms with Gasteiger partial charge in [-0.1, -0.05) is 0 Å². The van der Waals surface area contributed by atoms with Crippen molar-refractivity contribution >= 4 is 17.3 Å². The maximum Gasteiger partial charge on any atom is 0.359 e. The van der Waals surface area contributed by atoms with E-state index in [1.807, 2.05) is 48.3 Å². The molecular formula is C25H25N5O4S. The van der Waals surface area contributed by atoms with E-state index >= 15 is 0 Å². The average Bonchev–Trinajstić information content (AvgIpc) is 3.65. The Labute approximate surface area is 206 Å². The van der Waals surface area contributed by atoms with Crippen molar-refractivity contribution in [2.45, 2.75) is 38.0 Å². The number of hydrogen-bond acceptors (Lipinski definition) is 8. The van der Waals surface area contributed by atoms with E-state index < -0.39 is 5.97 Å². The third kappa shape index (κ3) is 3.78. The third-order valence-corrected chi connectivity index (χ3v) is 7.22. The van der Waals surface area contributed by atoms with Gasteiger partial charge in [0.1, 0.15) is 24.2 Å². The summed E-state index contributed by atoms with van der Waals surface area (Å²) in [5.41, 5.74) is 11.1. The molecule has 4 aromatic rings. The molecule has 1 aliphatic carbocycles. The summed E-state index contributed by atoms with van der Waals surface area (Å²) in [6, 6.07) is 7.83. The molecule has 0 radical (unpaired) electrons. The quantitative estimate of drug-likeness (QED) is 0.422. The second-order valence-corrected chi connectivity index (χ2v) is 9.66. The van der Waals surface area contributed by atoms with Crippen molar-refractivity contribution in [1.29, 1.82) is 0 Å². The van der Waals surface area contributed by atoms with Gasteiger partial charge in [0.15, 0.2) is 5.69 Å². The number of benzene rings is 1. The van der Waals surface area contributed by atoms with Crippen molar-refractivity contribution in [1.82, 2.24) is 19.6 Å². The molecule has 1 aromatic carbocycles. The van der Waals surface area contributed by atoms with Crippen LogP contribution in [0.15, 0.2) is 41.2 Å². The molecule has 10 heteroatoms. The lowest BCUT2D eigenvalue weighted by Crippen LogP contribution is -2.21. The normalized spacial score (nSPS) is 18.6. The highest BCUT2D eigenvalue weighted by atomic mass is 32.1. The minimum atomic E-state index is -0.445. The second kappa shape index (κ2) is 8.54. The molecule has 35 heavy (non-hydrogen) atoms. The lowest BCUT2D eigenvalue weighted by atomic mass is 9.98. The number of methoxy groups -OCH3 is 1. The molecule has 0 bridgehead atoms. The summed E-state index contributed by atoms with van der Waals surface area (Å²) in [7, 11) is 3.50. The SMILES string of the molecule is COc1cc2c(cc1-c1ccn(C)n1)-c1c(c(C(=O)OC3CCC(N)C3)nn1-c1ccsc1)CO2. The van der Waals surface area contributed by atoms with Crippen LogP contribution in [-0.4, -0.2) is 44.8 Å². The molecule has 1 saturated carbocycles. The smallest absolute Gasteiger partial charge is 0.359 e. The van der Waals surface area contributed by atoms with E-state index in [0.717, 1.165) is 41.0 Å². The van der Waals surface area contributed by atoms with Gasteiger partial charge >= 0.3 is 5.97 Å². The third-order valence-electron chi connectivity index (χ3n) is 6.54. The minimum absolute atomic E-state index is 0.0697. The molecule has 0 amide bonds. The molecular weight excluding hydrogens is 466 g/mol. The van der Waals surface area contributed by atoms with E-state index in [-0.39, 0.29) is 24.4 Å². The van der Waals surface area contributed by atoms with Crippen LogP contribution >= 0.6 is 11.3 Å². The summed E-state index contributed by atoms with van der Waals surface area (Å²) in [5.74, 6) is 0.872. The van der Waals surface area contributed by atoms with Gasteiger partial charge in [0, 0.05) is 41.9 Å². The Bertz CT molecular complexity index is 1410. The number of esters is 1. The molecule has 2 aliphatic rings. The molecule has 2 atom stereocenters. The summed E-state index contributed by atoms with van der Waals surface area (Å²) >= 11 is 1.56. The lowest BCUT2D eigenvalue weighted by Gasteiger charge is -2.21. The first kappa shape index (κ1) is 21.9. The first-order valence-corrected chi connectivity index (χ1v) is 12.4. The maximum absolute atomic E-state index is 13.2.